The summed E-state index contributed by atoms with van der Waals surface area (Å²) in [5, 5.41) is 9.44. The maximum atomic E-state index is 11.8. The summed E-state index contributed by atoms with van der Waals surface area (Å²) in [6.45, 7) is 2.30. The monoisotopic (exact) mass is 240 g/mol. The zero-order valence-electron chi connectivity index (χ0n) is 11.3. The maximum absolute atomic E-state index is 11.8. The van der Waals surface area contributed by atoms with Crippen molar-refractivity contribution in [3.63, 3.8) is 0 Å². The van der Waals surface area contributed by atoms with Crippen LogP contribution >= 0.6 is 0 Å². The zero-order chi connectivity index (χ0) is 12.6. The SMILES string of the molecule is CCCCCCCCCC1(CO)CCCC1=O. The lowest BCUT2D eigenvalue weighted by atomic mass is 9.81. The first kappa shape index (κ1) is 14.7. The van der Waals surface area contributed by atoms with Gasteiger partial charge in [-0.05, 0) is 19.3 Å². The lowest BCUT2D eigenvalue weighted by molar-refractivity contribution is -0.128. The minimum Gasteiger partial charge on any atom is -0.395 e. The van der Waals surface area contributed by atoms with Crippen molar-refractivity contribution in [2.45, 2.75) is 77.6 Å². The number of carbonyl (C=O) groups excluding carboxylic acids is 1. The van der Waals surface area contributed by atoms with Crippen molar-refractivity contribution in [2.24, 2.45) is 5.41 Å². The van der Waals surface area contributed by atoms with E-state index in [-0.39, 0.29) is 12.0 Å². The first-order valence-electron chi connectivity index (χ1n) is 7.39. The average Bonchev–Trinajstić information content (AvgIpc) is 2.70. The van der Waals surface area contributed by atoms with Gasteiger partial charge in [0.1, 0.15) is 5.78 Å². The summed E-state index contributed by atoms with van der Waals surface area (Å²) in [6, 6.07) is 0. The summed E-state index contributed by atoms with van der Waals surface area (Å²) < 4.78 is 0. The van der Waals surface area contributed by atoms with Crippen molar-refractivity contribution in [3.8, 4) is 0 Å². The van der Waals surface area contributed by atoms with Crippen LogP contribution in [0.1, 0.15) is 77.6 Å². The van der Waals surface area contributed by atoms with Crippen LogP contribution in [0.2, 0.25) is 0 Å². The molecule has 1 saturated carbocycles. The normalized spacial score (nSPS) is 24.5. The van der Waals surface area contributed by atoms with E-state index in [0.29, 0.717) is 12.2 Å². The van der Waals surface area contributed by atoms with Crippen LogP contribution < -0.4 is 0 Å². The summed E-state index contributed by atoms with van der Waals surface area (Å²) in [6.07, 6.45) is 12.4. The van der Waals surface area contributed by atoms with Crippen LogP contribution in [0.5, 0.6) is 0 Å². The van der Waals surface area contributed by atoms with Crippen molar-refractivity contribution in [3.05, 3.63) is 0 Å². The van der Waals surface area contributed by atoms with Gasteiger partial charge in [-0.15, -0.1) is 0 Å². The van der Waals surface area contributed by atoms with Gasteiger partial charge in [0.15, 0.2) is 0 Å². The lowest BCUT2D eigenvalue weighted by Gasteiger charge is -2.24. The third-order valence-electron chi connectivity index (χ3n) is 4.21. The fraction of sp³-hybridized carbons (Fsp3) is 0.933. The molecule has 1 aliphatic rings. The van der Waals surface area contributed by atoms with E-state index in [1.54, 1.807) is 0 Å². The number of hydrogen-bond acceptors (Lipinski definition) is 2. The Labute approximate surface area is 106 Å². The van der Waals surface area contributed by atoms with Crippen LogP contribution in [-0.2, 0) is 4.79 Å². The molecule has 0 heterocycles. The van der Waals surface area contributed by atoms with Crippen LogP contribution in [0.3, 0.4) is 0 Å². The molecular weight excluding hydrogens is 212 g/mol. The van der Waals surface area contributed by atoms with Gasteiger partial charge in [-0.3, -0.25) is 4.79 Å². The van der Waals surface area contributed by atoms with Gasteiger partial charge in [0.25, 0.3) is 0 Å². The van der Waals surface area contributed by atoms with E-state index < -0.39 is 0 Å². The van der Waals surface area contributed by atoms with Gasteiger partial charge in [0.2, 0.25) is 0 Å². The Balaban J connectivity index is 2.10. The summed E-state index contributed by atoms with van der Waals surface area (Å²) in [4.78, 5) is 11.8. The predicted octanol–water partition coefficient (Wildman–Crippen LogP) is 3.86. The highest BCUT2D eigenvalue weighted by atomic mass is 16.3. The fourth-order valence-corrected chi connectivity index (χ4v) is 2.92. The van der Waals surface area contributed by atoms with E-state index >= 15 is 0 Å². The topological polar surface area (TPSA) is 37.3 Å². The van der Waals surface area contributed by atoms with Gasteiger partial charge >= 0.3 is 0 Å². The smallest absolute Gasteiger partial charge is 0.141 e. The van der Waals surface area contributed by atoms with Crippen LogP contribution in [0.15, 0.2) is 0 Å². The molecule has 0 saturated heterocycles. The second-order valence-electron chi connectivity index (χ2n) is 5.59. The van der Waals surface area contributed by atoms with Crippen molar-refractivity contribution in [2.75, 3.05) is 6.61 Å². The van der Waals surface area contributed by atoms with E-state index in [0.717, 1.165) is 25.7 Å². The fourth-order valence-electron chi connectivity index (χ4n) is 2.92. The first-order chi connectivity index (χ1) is 8.25. The standard InChI is InChI=1S/C15H28O2/c1-2-3-4-5-6-7-8-11-15(13-16)12-9-10-14(15)17/h16H,2-13H2,1H3. The molecule has 0 aromatic carbocycles. The molecule has 0 radical (unpaired) electrons. The van der Waals surface area contributed by atoms with Crippen LogP contribution in [-0.4, -0.2) is 17.5 Å². The Morgan fingerprint density at radius 3 is 2.29 bits per heavy atom. The molecule has 1 fully saturated rings. The Hall–Kier alpha value is -0.370. The summed E-state index contributed by atoms with van der Waals surface area (Å²) >= 11 is 0. The van der Waals surface area contributed by atoms with Gasteiger partial charge < -0.3 is 5.11 Å². The number of aliphatic hydroxyl groups is 1. The zero-order valence-corrected chi connectivity index (χ0v) is 11.3. The van der Waals surface area contributed by atoms with E-state index in [2.05, 4.69) is 6.92 Å². The Morgan fingerprint density at radius 2 is 1.76 bits per heavy atom. The Bertz CT molecular complexity index is 225. The minimum atomic E-state index is -0.344. The van der Waals surface area contributed by atoms with Crippen molar-refractivity contribution < 1.29 is 9.90 Å². The third kappa shape index (κ3) is 4.42. The molecular formula is C15H28O2. The average molecular weight is 240 g/mol. The molecule has 1 aliphatic carbocycles. The summed E-state index contributed by atoms with van der Waals surface area (Å²) in [7, 11) is 0. The number of ketones is 1. The molecule has 1 rings (SSSR count). The van der Waals surface area contributed by atoms with Crippen LogP contribution in [0, 0.1) is 5.41 Å². The molecule has 0 aliphatic heterocycles. The largest absolute Gasteiger partial charge is 0.395 e. The number of hydrogen-bond donors (Lipinski definition) is 1. The predicted molar refractivity (Wildman–Crippen MR) is 71.0 cm³/mol. The molecule has 0 aromatic rings. The van der Waals surface area contributed by atoms with E-state index in [1.807, 2.05) is 0 Å². The number of carbonyl (C=O) groups is 1. The molecule has 0 bridgehead atoms. The number of rotatable bonds is 9. The molecule has 1 N–H and O–H groups in total. The van der Waals surface area contributed by atoms with E-state index in [1.165, 1.54) is 38.5 Å². The number of unbranched alkanes of at least 4 members (excludes halogenated alkanes) is 6. The molecule has 0 amide bonds. The maximum Gasteiger partial charge on any atom is 0.141 e. The van der Waals surface area contributed by atoms with Crippen molar-refractivity contribution >= 4 is 5.78 Å². The summed E-state index contributed by atoms with van der Waals surface area (Å²) in [5.41, 5.74) is -0.344. The second kappa shape index (κ2) is 7.86. The van der Waals surface area contributed by atoms with Gasteiger partial charge in [0.05, 0.1) is 12.0 Å². The number of Topliss-reactive ketones (excluding diaryl/α,β-unsaturated/α-hetero) is 1. The highest BCUT2D eigenvalue weighted by molar-refractivity contribution is 5.86. The first-order valence-corrected chi connectivity index (χ1v) is 7.39. The molecule has 1 atom stereocenters. The lowest BCUT2D eigenvalue weighted by Crippen LogP contribution is -2.29. The Morgan fingerprint density at radius 1 is 1.12 bits per heavy atom. The molecule has 17 heavy (non-hydrogen) atoms. The molecule has 2 heteroatoms. The highest BCUT2D eigenvalue weighted by Gasteiger charge is 2.40. The molecule has 0 spiro atoms. The molecule has 2 nitrogen and oxygen atoms in total. The molecule has 0 aromatic heterocycles. The van der Waals surface area contributed by atoms with Crippen molar-refractivity contribution in [1.29, 1.82) is 0 Å². The van der Waals surface area contributed by atoms with Gasteiger partial charge in [-0.1, -0.05) is 51.9 Å². The third-order valence-corrected chi connectivity index (χ3v) is 4.21. The quantitative estimate of drug-likeness (QED) is 0.621. The highest BCUT2D eigenvalue weighted by Crippen LogP contribution is 2.39. The van der Waals surface area contributed by atoms with Crippen molar-refractivity contribution in [1.82, 2.24) is 0 Å². The minimum absolute atomic E-state index is 0.0711. The van der Waals surface area contributed by atoms with Crippen LogP contribution in [0.4, 0.5) is 0 Å². The molecule has 100 valence electrons. The Kier molecular flexibility index (Phi) is 6.79. The molecule has 1 unspecified atom stereocenters. The second-order valence-corrected chi connectivity index (χ2v) is 5.59. The summed E-state index contributed by atoms with van der Waals surface area (Å²) in [5.74, 6) is 0.311. The van der Waals surface area contributed by atoms with Gasteiger partial charge in [-0.25, -0.2) is 0 Å². The van der Waals surface area contributed by atoms with Crippen LogP contribution in [0.25, 0.3) is 0 Å². The number of aliphatic hydroxyl groups excluding tert-OH is 1. The van der Waals surface area contributed by atoms with Gasteiger partial charge in [-0.2, -0.15) is 0 Å². The van der Waals surface area contributed by atoms with Gasteiger partial charge in [0, 0.05) is 6.42 Å². The van der Waals surface area contributed by atoms with E-state index in [9.17, 15) is 9.90 Å². The van der Waals surface area contributed by atoms with E-state index in [4.69, 9.17) is 0 Å².